The molecule has 1 aliphatic heterocycles. The Kier molecular flexibility index (Phi) is 3.14. The topological polar surface area (TPSA) is 59.8 Å². The first-order valence-electron chi connectivity index (χ1n) is 6.43. The second-order valence-corrected chi connectivity index (χ2v) is 5.41. The predicted molar refractivity (Wildman–Crippen MR) is 73.1 cm³/mol. The molecule has 2 unspecified atom stereocenters. The zero-order valence-electron chi connectivity index (χ0n) is 10.6. The molecule has 0 aromatic carbocycles. The third-order valence-corrected chi connectivity index (χ3v) is 3.59. The molecule has 19 heavy (non-hydrogen) atoms. The fourth-order valence-corrected chi connectivity index (χ4v) is 2.69. The minimum Gasteiger partial charge on any atom is -0.354 e. The van der Waals surface area contributed by atoms with Crippen molar-refractivity contribution in [3.05, 3.63) is 24.2 Å². The molecular weight excluding hydrogens is 264 g/mol. The second-order valence-electron chi connectivity index (χ2n) is 4.75. The minimum atomic E-state index is -0.260. The van der Waals surface area contributed by atoms with E-state index in [1.165, 1.54) is 0 Å². The lowest BCUT2D eigenvalue weighted by molar-refractivity contribution is -0.125. The van der Waals surface area contributed by atoms with Crippen LogP contribution in [0.15, 0.2) is 18.3 Å². The molecule has 5 nitrogen and oxygen atoms in total. The number of rotatable bonds is 2. The van der Waals surface area contributed by atoms with Crippen LogP contribution in [-0.2, 0) is 4.79 Å². The van der Waals surface area contributed by atoms with E-state index in [4.69, 9.17) is 11.6 Å². The van der Waals surface area contributed by atoms with Gasteiger partial charge in [0.1, 0.15) is 17.4 Å². The van der Waals surface area contributed by atoms with E-state index >= 15 is 0 Å². The van der Waals surface area contributed by atoms with Crippen molar-refractivity contribution in [1.29, 1.82) is 0 Å². The van der Waals surface area contributed by atoms with E-state index in [-0.39, 0.29) is 17.3 Å². The van der Waals surface area contributed by atoms with Gasteiger partial charge in [0.25, 0.3) is 0 Å². The van der Waals surface area contributed by atoms with E-state index in [9.17, 15) is 4.79 Å². The number of imidazole rings is 1. The fourth-order valence-electron chi connectivity index (χ4n) is 2.54. The fraction of sp³-hybridized carbons (Fsp3) is 0.462. The lowest BCUT2D eigenvalue weighted by atomic mass is 10.1. The summed E-state index contributed by atoms with van der Waals surface area (Å²) in [5.41, 5.74) is 1.51. The van der Waals surface area contributed by atoms with Crippen LogP contribution in [-0.4, -0.2) is 27.0 Å². The van der Waals surface area contributed by atoms with Crippen molar-refractivity contribution < 1.29 is 4.79 Å². The number of amides is 1. The number of aromatic nitrogens is 3. The van der Waals surface area contributed by atoms with Crippen LogP contribution >= 0.6 is 11.6 Å². The Morgan fingerprint density at radius 3 is 3.16 bits per heavy atom. The van der Waals surface area contributed by atoms with Crippen molar-refractivity contribution in [2.75, 3.05) is 6.54 Å². The minimum absolute atomic E-state index is 0.0229. The molecule has 2 aromatic heterocycles. The van der Waals surface area contributed by atoms with Gasteiger partial charge in [0.2, 0.25) is 5.91 Å². The van der Waals surface area contributed by atoms with E-state index in [0.29, 0.717) is 5.82 Å². The Balaban J connectivity index is 2.19. The highest BCUT2D eigenvalue weighted by Crippen LogP contribution is 2.30. The summed E-state index contributed by atoms with van der Waals surface area (Å²) in [6.45, 7) is 2.60. The summed E-state index contributed by atoms with van der Waals surface area (Å²) in [6, 6.07) is 3.47. The molecule has 100 valence electrons. The van der Waals surface area contributed by atoms with Crippen LogP contribution in [0.25, 0.3) is 11.2 Å². The smallest absolute Gasteiger partial charge is 0.243 e. The molecule has 2 atom stereocenters. The average Bonchev–Trinajstić information content (AvgIpc) is 2.79. The van der Waals surface area contributed by atoms with Gasteiger partial charge < -0.3 is 5.32 Å². The maximum atomic E-state index is 12.1. The third kappa shape index (κ3) is 2.08. The Morgan fingerprint density at radius 1 is 1.58 bits per heavy atom. The molecule has 0 radical (unpaired) electrons. The zero-order valence-corrected chi connectivity index (χ0v) is 11.4. The Morgan fingerprint density at radius 2 is 2.42 bits per heavy atom. The first kappa shape index (κ1) is 12.4. The van der Waals surface area contributed by atoms with Crippen LogP contribution < -0.4 is 5.32 Å². The quantitative estimate of drug-likeness (QED) is 0.857. The second kappa shape index (κ2) is 4.81. The molecule has 0 bridgehead atoms. The molecule has 1 aliphatic rings. The molecule has 0 spiro atoms. The molecule has 1 N–H and O–H groups in total. The molecular formula is C13H15ClN4O. The van der Waals surface area contributed by atoms with Gasteiger partial charge in [-0.25, -0.2) is 9.97 Å². The number of nitrogens with zero attached hydrogens (tertiary/aromatic N) is 3. The summed E-state index contributed by atoms with van der Waals surface area (Å²) >= 11 is 6.20. The van der Waals surface area contributed by atoms with E-state index in [2.05, 4.69) is 15.3 Å². The SMILES string of the molecule is CC(Cl)c1nc2cccnc2n1C1CCCNC1=O. The number of alkyl halides is 1. The summed E-state index contributed by atoms with van der Waals surface area (Å²) in [6.07, 6.45) is 3.47. The number of fused-ring (bicyclic) bond motifs is 1. The van der Waals surface area contributed by atoms with Crippen LogP contribution in [0.5, 0.6) is 0 Å². The maximum absolute atomic E-state index is 12.1. The molecule has 3 rings (SSSR count). The molecule has 3 heterocycles. The number of nitrogens with one attached hydrogen (secondary N) is 1. The van der Waals surface area contributed by atoms with Gasteiger partial charge in [-0.3, -0.25) is 9.36 Å². The Labute approximate surface area is 116 Å². The van der Waals surface area contributed by atoms with Crippen molar-refractivity contribution in [2.24, 2.45) is 0 Å². The Bertz CT molecular complexity index is 622. The molecule has 2 aromatic rings. The van der Waals surface area contributed by atoms with Gasteiger partial charge in [0, 0.05) is 12.7 Å². The van der Waals surface area contributed by atoms with Crippen LogP contribution in [0.1, 0.15) is 37.0 Å². The maximum Gasteiger partial charge on any atom is 0.243 e. The van der Waals surface area contributed by atoms with Crippen LogP contribution in [0.4, 0.5) is 0 Å². The highest BCUT2D eigenvalue weighted by molar-refractivity contribution is 6.20. The van der Waals surface area contributed by atoms with Crippen molar-refractivity contribution in [3.63, 3.8) is 0 Å². The lowest BCUT2D eigenvalue weighted by Crippen LogP contribution is -2.38. The number of hydrogen-bond donors (Lipinski definition) is 1. The van der Waals surface area contributed by atoms with Gasteiger partial charge in [-0.2, -0.15) is 0 Å². The standard InChI is InChI=1S/C13H15ClN4O/c1-8(14)11-17-9-4-2-6-15-12(9)18(11)10-5-3-7-16-13(10)19/h2,4,6,8,10H,3,5,7H2,1H3,(H,16,19). The number of hydrogen-bond acceptors (Lipinski definition) is 3. The molecule has 1 fully saturated rings. The first-order chi connectivity index (χ1) is 9.18. The van der Waals surface area contributed by atoms with Crippen molar-refractivity contribution >= 4 is 28.7 Å². The molecule has 1 amide bonds. The molecule has 0 aliphatic carbocycles. The van der Waals surface area contributed by atoms with Crippen LogP contribution in [0, 0.1) is 0 Å². The van der Waals surface area contributed by atoms with E-state index < -0.39 is 0 Å². The van der Waals surface area contributed by atoms with Crippen molar-refractivity contribution in [1.82, 2.24) is 19.9 Å². The number of piperidine rings is 1. The van der Waals surface area contributed by atoms with Crippen LogP contribution in [0.3, 0.4) is 0 Å². The summed E-state index contributed by atoms with van der Waals surface area (Å²) in [5, 5.41) is 2.63. The largest absolute Gasteiger partial charge is 0.354 e. The van der Waals surface area contributed by atoms with E-state index in [1.807, 2.05) is 23.6 Å². The monoisotopic (exact) mass is 278 g/mol. The highest BCUT2D eigenvalue weighted by Gasteiger charge is 2.29. The van der Waals surface area contributed by atoms with Gasteiger partial charge in [0.15, 0.2) is 5.65 Å². The molecule has 1 saturated heterocycles. The molecule has 6 heteroatoms. The summed E-state index contributed by atoms with van der Waals surface area (Å²) in [5.74, 6) is 0.729. The lowest BCUT2D eigenvalue weighted by Gasteiger charge is -2.25. The van der Waals surface area contributed by atoms with Crippen molar-refractivity contribution in [2.45, 2.75) is 31.2 Å². The number of carbonyl (C=O) groups is 1. The van der Waals surface area contributed by atoms with Gasteiger partial charge in [0.05, 0.1) is 5.38 Å². The molecule has 0 saturated carbocycles. The third-order valence-electron chi connectivity index (χ3n) is 3.40. The van der Waals surface area contributed by atoms with Crippen LogP contribution in [0.2, 0.25) is 0 Å². The van der Waals surface area contributed by atoms with Gasteiger partial charge in [-0.1, -0.05) is 0 Å². The van der Waals surface area contributed by atoms with E-state index in [0.717, 1.165) is 30.6 Å². The summed E-state index contributed by atoms with van der Waals surface area (Å²) in [7, 11) is 0. The zero-order chi connectivity index (χ0) is 13.4. The summed E-state index contributed by atoms with van der Waals surface area (Å²) in [4.78, 5) is 20.9. The normalized spacial score (nSPS) is 21.4. The average molecular weight is 279 g/mol. The number of carbonyl (C=O) groups excluding carboxylic acids is 1. The predicted octanol–water partition coefficient (Wildman–Crippen LogP) is 2.18. The van der Waals surface area contributed by atoms with Gasteiger partial charge in [-0.15, -0.1) is 11.6 Å². The van der Waals surface area contributed by atoms with Gasteiger partial charge in [-0.05, 0) is 31.9 Å². The number of pyridine rings is 1. The first-order valence-corrected chi connectivity index (χ1v) is 6.87. The van der Waals surface area contributed by atoms with Crippen molar-refractivity contribution in [3.8, 4) is 0 Å². The highest BCUT2D eigenvalue weighted by atomic mass is 35.5. The number of halogens is 1. The Hall–Kier alpha value is -1.62. The summed E-state index contributed by atoms with van der Waals surface area (Å²) < 4.78 is 1.89. The van der Waals surface area contributed by atoms with Gasteiger partial charge >= 0.3 is 0 Å². The van der Waals surface area contributed by atoms with E-state index in [1.54, 1.807) is 6.20 Å².